The van der Waals surface area contributed by atoms with Crippen LogP contribution in [0.4, 0.5) is 8.78 Å². The van der Waals surface area contributed by atoms with Crippen LogP contribution >= 0.6 is 0 Å². The van der Waals surface area contributed by atoms with Crippen molar-refractivity contribution < 1.29 is 28.1 Å². The van der Waals surface area contributed by atoms with Crippen LogP contribution in [0.25, 0.3) is 0 Å². The molecule has 3 aliphatic heterocycles. The van der Waals surface area contributed by atoms with Gasteiger partial charge in [-0.1, -0.05) is 36.4 Å². The van der Waals surface area contributed by atoms with Crippen molar-refractivity contribution in [3.8, 4) is 0 Å². The van der Waals surface area contributed by atoms with Crippen molar-refractivity contribution in [2.24, 2.45) is 17.6 Å². The molecule has 7 heteroatoms. The molecule has 2 aromatic rings. The maximum atomic E-state index is 13.9. The van der Waals surface area contributed by atoms with Crippen LogP contribution < -0.4 is 5.73 Å². The van der Waals surface area contributed by atoms with Crippen molar-refractivity contribution in [3.63, 3.8) is 0 Å². The summed E-state index contributed by atoms with van der Waals surface area (Å²) >= 11 is 0. The maximum Gasteiger partial charge on any atom is 0.128 e. The van der Waals surface area contributed by atoms with Crippen LogP contribution in [0.1, 0.15) is 25.0 Å². The van der Waals surface area contributed by atoms with Crippen LogP contribution in [0.5, 0.6) is 0 Å². The zero-order chi connectivity index (χ0) is 22.9. The molecule has 0 radical (unpaired) electrons. The number of aliphatic hydroxyl groups is 1. The molecule has 3 aliphatic rings. The van der Waals surface area contributed by atoms with Crippen LogP contribution in [-0.4, -0.2) is 50.3 Å². The SMILES string of the molecule is C[C@H]1OCC(N)(c2ccccc2F)[C@@H]1CO.C[C@H]1OCC2(c3ccccc3F)COC[C@H]12. The molecule has 3 fully saturated rings. The Morgan fingerprint density at radius 1 is 0.906 bits per heavy atom. The minimum absolute atomic E-state index is 0.105. The molecule has 3 saturated heterocycles. The fourth-order valence-corrected chi connectivity index (χ4v) is 5.32. The number of halogens is 2. The summed E-state index contributed by atoms with van der Waals surface area (Å²) < 4.78 is 44.3. The molecule has 174 valence electrons. The predicted molar refractivity (Wildman–Crippen MR) is 116 cm³/mol. The number of ether oxygens (including phenoxy) is 3. The smallest absolute Gasteiger partial charge is 0.128 e. The lowest BCUT2D eigenvalue weighted by Gasteiger charge is -2.30. The lowest BCUT2D eigenvalue weighted by Crippen LogP contribution is -2.47. The van der Waals surface area contributed by atoms with Crippen LogP contribution in [0, 0.1) is 23.5 Å². The van der Waals surface area contributed by atoms with Gasteiger partial charge in [0.15, 0.2) is 0 Å². The summed E-state index contributed by atoms with van der Waals surface area (Å²) in [5.74, 6) is -0.481. The highest BCUT2D eigenvalue weighted by Crippen LogP contribution is 2.46. The van der Waals surface area contributed by atoms with Crippen LogP contribution in [0.2, 0.25) is 0 Å². The molecular weight excluding hydrogens is 416 g/mol. The second-order valence-electron chi connectivity index (χ2n) is 9.10. The van der Waals surface area contributed by atoms with Gasteiger partial charge in [-0.05, 0) is 31.5 Å². The standard InChI is InChI=1S/C13H15FO2.C12H16FNO2/c1-9-11-6-15-7-13(11,8-16-9)10-4-2-3-5-12(10)14;1-8-10(6-15)12(14,7-16-8)9-4-2-3-5-11(9)13/h2-5,9,11H,6-8H2,1H3;2-5,8,10,15H,6-7,14H2,1H3/t9-,11-,13?;8-,10-,12?/m11/s1. The molecule has 0 saturated carbocycles. The van der Waals surface area contributed by atoms with E-state index in [1.165, 1.54) is 12.1 Å². The number of rotatable bonds is 3. The van der Waals surface area contributed by atoms with Gasteiger partial charge in [-0.25, -0.2) is 8.78 Å². The summed E-state index contributed by atoms with van der Waals surface area (Å²) in [6.45, 7) is 5.84. The maximum absolute atomic E-state index is 13.9. The highest BCUT2D eigenvalue weighted by atomic mass is 19.1. The fraction of sp³-hybridized carbons (Fsp3) is 0.520. The Morgan fingerprint density at radius 2 is 1.50 bits per heavy atom. The monoisotopic (exact) mass is 447 g/mol. The lowest BCUT2D eigenvalue weighted by atomic mass is 9.73. The van der Waals surface area contributed by atoms with Crippen molar-refractivity contribution in [2.45, 2.75) is 37.0 Å². The molecule has 2 aromatic carbocycles. The van der Waals surface area contributed by atoms with E-state index in [9.17, 15) is 13.9 Å². The Labute approximate surface area is 187 Å². The Hall–Kier alpha value is -1.90. The molecular formula is C25H31F2NO4. The number of nitrogens with two attached hydrogens (primary N) is 1. The van der Waals surface area contributed by atoms with E-state index in [1.807, 2.05) is 26.0 Å². The van der Waals surface area contributed by atoms with E-state index in [4.69, 9.17) is 19.9 Å². The summed E-state index contributed by atoms with van der Waals surface area (Å²) in [7, 11) is 0. The quantitative estimate of drug-likeness (QED) is 0.756. The molecule has 6 atom stereocenters. The second kappa shape index (κ2) is 9.15. The van der Waals surface area contributed by atoms with Crippen LogP contribution in [0.15, 0.2) is 48.5 Å². The van der Waals surface area contributed by atoms with Gasteiger partial charge >= 0.3 is 0 Å². The fourth-order valence-electron chi connectivity index (χ4n) is 5.32. The molecule has 32 heavy (non-hydrogen) atoms. The third-order valence-electron chi connectivity index (χ3n) is 7.33. The Balaban J connectivity index is 0.000000153. The predicted octanol–water partition coefficient (Wildman–Crippen LogP) is 3.14. The van der Waals surface area contributed by atoms with E-state index in [-0.39, 0.29) is 54.3 Å². The average Bonchev–Trinajstić information content (AvgIpc) is 3.43. The van der Waals surface area contributed by atoms with E-state index in [0.29, 0.717) is 25.4 Å². The van der Waals surface area contributed by atoms with Gasteiger partial charge in [-0.15, -0.1) is 0 Å². The number of benzene rings is 2. The second-order valence-corrected chi connectivity index (χ2v) is 9.10. The average molecular weight is 448 g/mol. The first kappa shape index (κ1) is 23.3. The number of hydrogen-bond acceptors (Lipinski definition) is 5. The molecule has 3 heterocycles. The minimum atomic E-state index is -0.931. The highest BCUT2D eigenvalue weighted by Gasteiger charge is 2.54. The van der Waals surface area contributed by atoms with E-state index >= 15 is 0 Å². The first-order valence-electron chi connectivity index (χ1n) is 11.0. The zero-order valence-corrected chi connectivity index (χ0v) is 18.5. The highest BCUT2D eigenvalue weighted by molar-refractivity contribution is 5.32. The third kappa shape index (κ3) is 3.86. The summed E-state index contributed by atoms with van der Waals surface area (Å²) in [4.78, 5) is 0. The number of hydrogen-bond donors (Lipinski definition) is 2. The van der Waals surface area contributed by atoms with Gasteiger partial charge in [0, 0.05) is 17.4 Å². The first-order valence-corrected chi connectivity index (χ1v) is 11.0. The van der Waals surface area contributed by atoms with Crippen LogP contribution in [-0.2, 0) is 25.2 Å². The Kier molecular flexibility index (Phi) is 6.66. The van der Waals surface area contributed by atoms with Gasteiger partial charge < -0.3 is 25.1 Å². The molecule has 0 aliphatic carbocycles. The zero-order valence-electron chi connectivity index (χ0n) is 18.5. The molecule has 5 rings (SSSR count). The van der Waals surface area contributed by atoms with Gasteiger partial charge in [-0.2, -0.15) is 0 Å². The summed E-state index contributed by atoms with van der Waals surface area (Å²) in [5.41, 5.74) is 6.18. The lowest BCUT2D eigenvalue weighted by molar-refractivity contribution is 0.0577. The van der Waals surface area contributed by atoms with E-state index in [1.54, 1.807) is 24.3 Å². The van der Waals surface area contributed by atoms with Crippen molar-refractivity contribution in [3.05, 3.63) is 71.3 Å². The Bertz CT molecular complexity index is 938. The normalized spacial score (nSPS) is 35.9. The van der Waals surface area contributed by atoms with Gasteiger partial charge in [0.25, 0.3) is 0 Å². The topological polar surface area (TPSA) is 73.9 Å². The van der Waals surface area contributed by atoms with E-state index < -0.39 is 5.54 Å². The molecule has 3 N–H and O–H groups in total. The molecule has 2 unspecified atom stereocenters. The number of fused-ring (bicyclic) bond motifs is 1. The third-order valence-corrected chi connectivity index (χ3v) is 7.33. The first-order chi connectivity index (χ1) is 15.3. The summed E-state index contributed by atoms with van der Waals surface area (Å²) in [6.07, 6.45) is -0.00304. The summed E-state index contributed by atoms with van der Waals surface area (Å²) in [6, 6.07) is 13.4. The van der Waals surface area contributed by atoms with Gasteiger partial charge in [0.2, 0.25) is 0 Å². The van der Waals surface area contributed by atoms with Crippen molar-refractivity contribution in [1.29, 1.82) is 0 Å². The van der Waals surface area contributed by atoms with E-state index in [0.717, 1.165) is 5.56 Å². The Morgan fingerprint density at radius 3 is 2.12 bits per heavy atom. The largest absolute Gasteiger partial charge is 0.396 e. The van der Waals surface area contributed by atoms with Crippen molar-refractivity contribution in [2.75, 3.05) is 33.0 Å². The molecule has 0 amide bonds. The summed E-state index contributed by atoms with van der Waals surface area (Å²) in [5, 5.41) is 9.34. The molecule has 0 aromatic heterocycles. The van der Waals surface area contributed by atoms with E-state index in [2.05, 4.69) is 0 Å². The minimum Gasteiger partial charge on any atom is -0.396 e. The van der Waals surface area contributed by atoms with Crippen LogP contribution in [0.3, 0.4) is 0 Å². The molecule has 0 bridgehead atoms. The molecule has 5 nitrogen and oxygen atoms in total. The molecule has 0 spiro atoms. The van der Waals surface area contributed by atoms with Gasteiger partial charge in [0.1, 0.15) is 11.6 Å². The van der Waals surface area contributed by atoms with Crippen molar-refractivity contribution >= 4 is 0 Å². The van der Waals surface area contributed by atoms with Gasteiger partial charge in [0.05, 0.1) is 56.2 Å². The van der Waals surface area contributed by atoms with Gasteiger partial charge in [-0.3, -0.25) is 0 Å². The van der Waals surface area contributed by atoms with Crippen molar-refractivity contribution in [1.82, 2.24) is 0 Å². The number of aliphatic hydroxyl groups excluding tert-OH is 1.